The van der Waals surface area contributed by atoms with Gasteiger partial charge < -0.3 is 4.74 Å². The van der Waals surface area contributed by atoms with E-state index in [0.717, 1.165) is 5.56 Å². The van der Waals surface area contributed by atoms with E-state index in [9.17, 15) is 4.79 Å². The number of ether oxygens (including phenoxy) is 1. The van der Waals surface area contributed by atoms with Gasteiger partial charge >= 0.3 is 5.97 Å². The van der Waals surface area contributed by atoms with Crippen LogP contribution in [0.15, 0.2) is 42.5 Å². The van der Waals surface area contributed by atoms with E-state index in [1.807, 2.05) is 30.3 Å². The minimum Gasteiger partial charge on any atom is -0.453 e. The van der Waals surface area contributed by atoms with Crippen LogP contribution in [-0.2, 0) is 4.74 Å². The standard InChI is InChI=1S/C14H11Cl2NO2/c1-9(10-5-3-2-4-6-10)19-14(18)13-11(15)7-8-12(16)17-13/h2-9H,1H3. The lowest BCUT2D eigenvalue weighted by Gasteiger charge is -2.13. The van der Waals surface area contributed by atoms with Gasteiger partial charge in [-0.1, -0.05) is 53.5 Å². The van der Waals surface area contributed by atoms with Crippen molar-refractivity contribution in [2.75, 3.05) is 0 Å². The number of hydrogen-bond acceptors (Lipinski definition) is 3. The van der Waals surface area contributed by atoms with Gasteiger partial charge in [-0.3, -0.25) is 0 Å². The highest BCUT2D eigenvalue weighted by atomic mass is 35.5. The van der Waals surface area contributed by atoms with E-state index < -0.39 is 5.97 Å². The molecular weight excluding hydrogens is 285 g/mol. The Balaban J connectivity index is 2.15. The number of hydrogen-bond donors (Lipinski definition) is 0. The van der Waals surface area contributed by atoms with Crippen molar-refractivity contribution in [2.45, 2.75) is 13.0 Å². The van der Waals surface area contributed by atoms with Crippen LogP contribution in [0.3, 0.4) is 0 Å². The summed E-state index contributed by atoms with van der Waals surface area (Å²) in [6.07, 6.45) is -0.384. The highest BCUT2D eigenvalue weighted by molar-refractivity contribution is 6.34. The average Bonchev–Trinajstić information content (AvgIpc) is 2.42. The fourth-order valence-corrected chi connectivity index (χ4v) is 1.90. The molecule has 0 aliphatic heterocycles. The summed E-state index contributed by atoms with van der Waals surface area (Å²) in [5, 5.41) is 0.415. The summed E-state index contributed by atoms with van der Waals surface area (Å²) >= 11 is 11.6. The highest BCUT2D eigenvalue weighted by Crippen LogP contribution is 2.22. The molecule has 1 aromatic heterocycles. The van der Waals surface area contributed by atoms with Gasteiger partial charge in [0.2, 0.25) is 0 Å². The van der Waals surface area contributed by atoms with E-state index in [-0.39, 0.29) is 22.0 Å². The maximum Gasteiger partial charge on any atom is 0.359 e. The molecule has 1 unspecified atom stereocenters. The van der Waals surface area contributed by atoms with E-state index in [0.29, 0.717) is 0 Å². The molecule has 0 fully saturated rings. The van der Waals surface area contributed by atoms with Gasteiger partial charge in [0.1, 0.15) is 11.3 Å². The van der Waals surface area contributed by atoms with Crippen molar-refractivity contribution in [1.29, 1.82) is 0 Å². The second kappa shape index (κ2) is 6.04. The Labute approximate surface area is 121 Å². The number of nitrogens with zero attached hydrogens (tertiary/aromatic N) is 1. The summed E-state index contributed by atoms with van der Waals surface area (Å²) in [4.78, 5) is 15.9. The van der Waals surface area contributed by atoms with Gasteiger partial charge in [-0.15, -0.1) is 0 Å². The lowest BCUT2D eigenvalue weighted by Crippen LogP contribution is -2.11. The van der Waals surface area contributed by atoms with Crippen molar-refractivity contribution in [3.63, 3.8) is 0 Å². The molecule has 0 aliphatic carbocycles. The average molecular weight is 296 g/mol. The minimum absolute atomic E-state index is 0.0250. The molecule has 0 N–H and O–H groups in total. The van der Waals surface area contributed by atoms with E-state index in [1.165, 1.54) is 12.1 Å². The highest BCUT2D eigenvalue weighted by Gasteiger charge is 2.18. The summed E-state index contributed by atoms with van der Waals surface area (Å²) in [6.45, 7) is 1.78. The van der Waals surface area contributed by atoms with E-state index >= 15 is 0 Å². The Morgan fingerprint density at radius 1 is 1.16 bits per heavy atom. The van der Waals surface area contributed by atoms with Crippen molar-refractivity contribution < 1.29 is 9.53 Å². The summed E-state index contributed by atoms with van der Waals surface area (Å²) < 4.78 is 5.31. The second-order valence-corrected chi connectivity index (χ2v) is 4.72. The van der Waals surface area contributed by atoms with Crippen molar-refractivity contribution >= 4 is 29.2 Å². The third-order valence-electron chi connectivity index (χ3n) is 2.56. The number of esters is 1. The third kappa shape index (κ3) is 3.46. The van der Waals surface area contributed by atoms with Crippen LogP contribution in [-0.4, -0.2) is 11.0 Å². The van der Waals surface area contributed by atoms with Crippen molar-refractivity contribution in [3.8, 4) is 0 Å². The predicted octanol–water partition coefficient (Wildman–Crippen LogP) is 4.31. The van der Waals surface area contributed by atoms with Crippen LogP contribution in [0, 0.1) is 0 Å². The minimum atomic E-state index is -0.594. The van der Waals surface area contributed by atoms with Crippen LogP contribution in [0.1, 0.15) is 29.1 Å². The lowest BCUT2D eigenvalue weighted by atomic mass is 10.1. The zero-order valence-electron chi connectivity index (χ0n) is 10.1. The molecule has 0 amide bonds. The molecule has 0 spiro atoms. The topological polar surface area (TPSA) is 39.2 Å². The maximum absolute atomic E-state index is 12.0. The zero-order chi connectivity index (χ0) is 13.8. The smallest absolute Gasteiger partial charge is 0.359 e. The van der Waals surface area contributed by atoms with Crippen molar-refractivity contribution in [2.24, 2.45) is 0 Å². The van der Waals surface area contributed by atoms with Gasteiger partial charge in [-0.2, -0.15) is 0 Å². The van der Waals surface area contributed by atoms with Crippen LogP contribution in [0.5, 0.6) is 0 Å². The first-order valence-electron chi connectivity index (χ1n) is 5.66. The molecule has 2 rings (SSSR count). The van der Waals surface area contributed by atoms with Crippen molar-refractivity contribution in [1.82, 2.24) is 4.98 Å². The molecule has 1 atom stereocenters. The SMILES string of the molecule is CC(OC(=O)c1nc(Cl)ccc1Cl)c1ccccc1. The molecule has 3 nitrogen and oxygen atoms in total. The molecule has 0 bridgehead atoms. The first-order chi connectivity index (χ1) is 9.08. The molecule has 0 radical (unpaired) electrons. The number of carbonyl (C=O) groups is 1. The van der Waals surface area contributed by atoms with Gasteiger partial charge in [-0.25, -0.2) is 9.78 Å². The second-order valence-electron chi connectivity index (χ2n) is 3.92. The molecule has 1 heterocycles. The van der Waals surface area contributed by atoms with E-state index in [2.05, 4.69) is 4.98 Å². The molecule has 2 aromatic rings. The van der Waals surface area contributed by atoms with Crippen LogP contribution >= 0.6 is 23.2 Å². The fourth-order valence-electron chi connectivity index (χ4n) is 1.57. The number of rotatable bonds is 3. The van der Waals surface area contributed by atoms with Gasteiger partial charge in [0.25, 0.3) is 0 Å². The summed E-state index contributed by atoms with van der Waals surface area (Å²) in [5.41, 5.74) is 0.922. The fraction of sp³-hybridized carbons (Fsp3) is 0.143. The summed E-state index contributed by atoms with van der Waals surface area (Å²) in [6, 6.07) is 12.4. The van der Waals surface area contributed by atoms with E-state index in [1.54, 1.807) is 6.92 Å². The van der Waals surface area contributed by atoms with Crippen LogP contribution in [0.25, 0.3) is 0 Å². The third-order valence-corrected chi connectivity index (χ3v) is 3.07. The quantitative estimate of drug-likeness (QED) is 0.626. The first-order valence-corrected chi connectivity index (χ1v) is 6.41. The largest absolute Gasteiger partial charge is 0.453 e. The molecule has 0 saturated carbocycles. The Kier molecular flexibility index (Phi) is 4.40. The van der Waals surface area contributed by atoms with Crippen molar-refractivity contribution in [3.05, 3.63) is 63.9 Å². The maximum atomic E-state index is 12.0. The Bertz CT molecular complexity index is 587. The monoisotopic (exact) mass is 295 g/mol. The van der Waals surface area contributed by atoms with Crippen LogP contribution in [0.4, 0.5) is 0 Å². The number of aromatic nitrogens is 1. The number of halogens is 2. The number of benzene rings is 1. The molecule has 0 saturated heterocycles. The normalized spacial score (nSPS) is 11.9. The van der Waals surface area contributed by atoms with Crippen LogP contribution < -0.4 is 0 Å². The van der Waals surface area contributed by atoms with E-state index in [4.69, 9.17) is 27.9 Å². The predicted molar refractivity (Wildman–Crippen MR) is 74.5 cm³/mol. The Morgan fingerprint density at radius 2 is 1.84 bits per heavy atom. The molecule has 1 aromatic carbocycles. The van der Waals surface area contributed by atoms with Gasteiger partial charge in [-0.05, 0) is 24.6 Å². The molecular formula is C14H11Cl2NO2. The lowest BCUT2D eigenvalue weighted by molar-refractivity contribution is 0.0331. The van der Waals surface area contributed by atoms with Gasteiger partial charge in [0.05, 0.1) is 5.02 Å². The first kappa shape index (κ1) is 13.8. The zero-order valence-corrected chi connectivity index (χ0v) is 11.7. The Hall–Kier alpha value is -1.58. The molecule has 19 heavy (non-hydrogen) atoms. The summed E-state index contributed by atoms with van der Waals surface area (Å²) in [5.74, 6) is -0.594. The molecule has 98 valence electrons. The van der Waals surface area contributed by atoms with Crippen LogP contribution in [0.2, 0.25) is 10.2 Å². The molecule has 0 aliphatic rings. The summed E-state index contributed by atoms with van der Waals surface area (Å²) in [7, 11) is 0. The molecule has 5 heteroatoms. The van der Waals surface area contributed by atoms with Gasteiger partial charge in [0, 0.05) is 0 Å². The number of pyridine rings is 1. The number of carbonyl (C=O) groups excluding carboxylic acids is 1. The Morgan fingerprint density at radius 3 is 2.53 bits per heavy atom. The van der Waals surface area contributed by atoms with Gasteiger partial charge in [0.15, 0.2) is 5.69 Å².